The number of hydrogen-bond acceptors (Lipinski definition) is 5. The van der Waals surface area contributed by atoms with Gasteiger partial charge in [-0.15, -0.1) is 0 Å². The van der Waals surface area contributed by atoms with Gasteiger partial charge in [0, 0.05) is 37.3 Å². The number of carbonyl (C=O) groups is 1. The molecule has 2 unspecified atom stereocenters. The smallest absolute Gasteiger partial charge is 0.273 e. The Hall–Kier alpha value is -2.84. The summed E-state index contributed by atoms with van der Waals surface area (Å²) in [5, 5.41) is 11.1. The van der Waals surface area contributed by atoms with Crippen LogP contribution in [0.5, 0.6) is 0 Å². The van der Waals surface area contributed by atoms with Crippen molar-refractivity contribution in [3.63, 3.8) is 0 Å². The Morgan fingerprint density at radius 3 is 2.79 bits per heavy atom. The average molecular weight is 400 g/mol. The molecule has 1 fully saturated rings. The predicted molar refractivity (Wildman–Crippen MR) is 107 cm³/mol. The number of likely N-dealkylation sites (N-methyl/N-ethyl adjacent to an activating group) is 1. The van der Waals surface area contributed by atoms with Crippen LogP contribution in [0, 0.1) is 15.9 Å². The number of nitro groups is 1. The van der Waals surface area contributed by atoms with Gasteiger partial charge in [0.15, 0.2) is 0 Å². The third-order valence-electron chi connectivity index (χ3n) is 5.23. The summed E-state index contributed by atoms with van der Waals surface area (Å²) in [6, 6.07) is 13.2. The Morgan fingerprint density at radius 2 is 2.03 bits per heavy atom. The van der Waals surface area contributed by atoms with Gasteiger partial charge >= 0.3 is 0 Å². The molecule has 1 aliphatic heterocycles. The number of rotatable bonds is 8. The second-order valence-electron chi connectivity index (χ2n) is 7.35. The van der Waals surface area contributed by atoms with E-state index >= 15 is 0 Å². The molecule has 1 aliphatic rings. The van der Waals surface area contributed by atoms with E-state index in [2.05, 4.69) is 10.9 Å². The van der Waals surface area contributed by atoms with E-state index in [9.17, 15) is 19.3 Å². The number of benzene rings is 2. The van der Waals surface area contributed by atoms with Gasteiger partial charge in [-0.2, -0.15) is 0 Å². The Labute approximate surface area is 169 Å². The quantitative estimate of drug-likeness (QED) is 0.525. The number of nitrogens with one attached hydrogen (secondary N) is 2. The highest BCUT2D eigenvalue weighted by atomic mass is 19.1. The molecular weight excluding hydrogens is 375 g/mol. The zero-order valence-electron chi connectivity index (χ0n) is 16.3. The van der Waals surface area contributed by atoms with Crippen molar-refractivity contribution in [3.8, 4) is 0 Å². The van der Waals surface area contributed by atoms with E-state index in [4.69, 9.17) is 0 Å². The molecule has 8 heteroatoms. The number of nitrogens with zero attached hydrogens (tertiary/aromatic N) is 2. The molecule has 0 aliphatic carbocycles. The van der Waals surface area contributed by atoms with Gasteiger partial charge in [-0.3, -0.25) is 25.8 Å². The van der Waals surface area contributed by atoms with E-state index in [1.165, 1.54) is 18.2 Å². The molecule has 0 aromatic heterocycles. The fraction of sp³-hybridized carbons (Fsp3) is 0.381. The second kappa shape index (κ2) is 9.58. The van der Waals surface area contributed by atoms with Crippen molar-refractivity contribution < 1.29 is 14.1 Å². The first-order chi connectivity index (χ1) is 13.9. The van der Waals surface area contributed by atoms with E-state index < -0.39 is 4.92 Å². The van der Waals surface area contributed by atoms with Gasteiger partial charge in [0.05, 0.1) is 11.3 Å². The maximum atomic E-state index is 13.4. The number of halogens is 1. The van der Waals surface area contributed by atoms with Crippen LogP contribution in [-0.4, -0.2) is 35.4 Å². The number of amides is 1. The van der Waals surface area contributed by atoms with Gasteiger partial charge in [0.2, 0.25) is 5.91 Å². The summed E-state index contributed by atoms with van der Waals surface area (Å²) in [4.78, 5) is 24.7. The van der Waals surface area contributed by atoms with Crippen molar-refractivity contribution in [1.82, 2.24) is 15.8 Å². The number of carbonyl (C=O) groups excluding carboxylic acids is 1. The molecule has 1 amide bonds. The van der Waals surface area contributed by atoms with E-state index in [1.54, 1.807) is 36.2 Å². The minimum absolute atomic E-state index is 0.0124. The summed E-state index contributed by atoms with van der Waals surface area (Å²) in [6.07, 6.45) is 2.52. The van der Waals surface area contributed by atoms with E-state index in [0.29, 0.717) is 12.1 Å². The molecule has 0 bridgehead atoms. The Morgan fingerprint density at radius 1 is 1.24 bits per heavy atom. The summed E-state index contributed by atoms with van der Waals surface area (Å²) in [6.45, 7) is 0.572. The molecule has 0 spiro atoms. The molecule has 2 aromatic carbocycles. The highest BCUT2D eigenvalue weighted by Gasteiger charge is 2.25. The van der Waals surface area contributed by atoms with Crippen LogP contribution in [0.15, 0.2) is 48.5 Å². The zero-order chi connectivity index (χ0) is 20.8. The van der Waals surface area contributed by atoms with Gasteiger partial charge in [0.25, 0.3) is 5.69 Å². The number of hydrazine groups is 1. The lowest BCUT2D eigenvalue weighted by atomic mass is 9.99. The summed E-state index contributed by atoms with van der Waals surface area (Å²) >= 11 is 0. The van der Waals surface area contributed by atoms with Gasteiger partial charge in [-0.1, -0.05) is 30.3 Å². The number of para-hydroxylation sites is 1. The summed E-state index contributed by atoms with van der Waals surface area (Å²) in [5.41, 5.74) is 7.75. The fourth-order valence-electron chi connectivity index (χ4n) is 3.59. The van der Waals surface area contributed by atoms with Crippen LogP contribution in [0.2, 0.25) is 0 Å². The monoisotopic (exact) mass is 400 g/mol. The second-order valence-corrected chi connectivity index (χ2v) is 7.35. The van der Waals surface area contributed by atoms with Crippen LogP contribution >= 0.6 is 0 Å². The number of hydrogen-bond donors (Lipinski definition) is 2. The van der Waals surface area contributed by atoms with Crippen molar-refractivity contribution in [2.24, 2.45) is 0 Å². The van der Waals surface area contributed by atoms with Crippen molar-refractivity contribution in [2.45, 2.75) is 37.8 Å². The Kier molecular flexibility index (Phi) is 6.90. The minimum atomic E-state index is -0.462. The molecule has 7 nitrogen and oxygen atoms in total. The maximum Gasteiger partial charge on any atom is 0.273 e. The summed E-state index contributed by atoms with van der Waals surface area (Å²) < 4.78 is 13.4. The highest BCUT2D eigenvalue weighted by Crippen LogP contribution is 2.24. The molecule has 1 saturated heterocycles. The first-order valence-electron chi connectivity index (χ1n) is 9.67. The maximum absolute atomic E-state index is 13.4. The Balaban J connectivity index is 1.44. The molecule has 2 atom stereocenters. The third-order valence-corrected chi connectivity index (χ3v) is 5.23. The van der Waals surface area contributed by atoms with Gasteiger partial charge in [0.1, 0.15) is 5.82 Å². The lowest BCUT2D eigenvalue weighted by molar-refractivity contribution is -0.385. The molecule has 3 rings (SSSR count). The van der Waals surface area contributed by atoms with Crippen LogP contribution in [0.25, 0.3) is 0 Å². The van der Waals surface area contributed by atoms with Crippen molar-refractivity contribution in [1.29, 1.82) is 0 Å². The van der Waals surface area contributed by atoms with Crippen LogP contribution in [0.3, 0.4) is 0 Å². The molecular formula is C21H25FN4O3. The molecule has 154 valence electrons. The van der Waals surface area contributed by atoms with Crippen LogP contribution in [0.4, 0.5) is 10.1 Å². The summed E-state index contributed by atoms with van der Waals surface area (Å²) in [7, 11) is 1.72. The average Bonchev–Trinajstić information content (AvgIpc) is 3.17. The van der Waals surface area contributed by atoms with Crippen molar-refractivity contribution >= 4 is 11.6 Å². The topological polar surface area (TPSA) is 87.5 Å². The van der Waals surface area contributed by atoms with E-state index in [-0.39, 0.29) is 35.9 Å². The van der Waals surface area contributed by atoms with Gasteiger partial charge in [-0.05, 0) is 37.0 Å². The zero-order valence-corrected chi connectivity index (χ0v) is 16.3. The van der Waals surface area contributed by atoms with Gasteiger partial charge in [-0.25, -0.2) is 4.39 Å². The first-order valence-corrected chi connectivity index (χ1v) is 9.67. The summed E-state index contributed by atoms with van der Waals surface area (Å²) in [5.74, 6) is -0.388. The van der Waals surface area contributed by atoms with Crippen molar-refractivity contribution in [2.75, 3.05) is 13.6 Å². The standard InChI is InChI=1S/C21H25FN4O3/c1-25(21(27)13-16-6-2-3-10-20(16)26(28)29)11-5-9-18-14-19(24-23-18)15-7-4-8-17(22)12-15/h2-4,6-8,10,12,18-19,23-24H,5,9,11,13-14H2,1H3. The van der Waals surface area contributed by atoms with E-state index in [0.717, 1.165) is 24.8 Å². The normalized spacial score (nSPS) is 18.6. The number of nitro benzene ring substituents is 1. The molecule has 29 heavy (non-hydrogen) atoms. The molecule has 0 radical (unpaired) electrons. The lowest BCUT2D eigenvalue weighted by Crippen LogP contribution is -2.33. The van der Waals surface area contributed by atoms with Crippen LogP contribution in [-0.2, 0) is 11.2 Å². The first kappa shape index (κ1) is 20.9. The molecule has 0 saturated carbocycles. The fourth-order valence-corrected chi connectivity index (χ4v) is 3.59. The molecule has 2 N–H and O–H groups in total. The lowest BCUT2D eigenvalue weighted by Gasteiger charge is -2.18. The van der Waals surface area contributed by atoms with E-state index in [1.807, 2.05) is 6.07 Å². The predicted octanol–water partition coefficient (Wildman–Crippen LogP) is 3.12. The van der Waals surface area contributed by atoms with Gasteiger partial charge < -0.3 is 4.90 Å². The molecule has 2 aromatic rings. The largest absolute Gasteiger partial charge is 0.345 e. The Bertz CT molecular complexity index is 877. The third kappa shape index (κ3) is 5.58. The highest BCUT2D eigenvalue weighted by molar-refractivity contribution is 5.79. The SMILES string of the molecule is CN(CCCC1CC(c2cccc(F)c2)NN1)C(=O)Cc1ccccc1[N+](=O)[O-]. The molecule has 1 heterocycles. The minimum Gasteiger partial charge on any atom is -0.345 e. The van der Waals surface area contributed by atoms with Crippen molar-refractivity contribution in [3.05, 3.63) is 75.6 Å². The van der Waals surface area contributed by atoms with Crippen LogP contribution in [0.1, 0.15) is 36.4 Å². The van der Waals surface area contributed by atoms with Crippen LogP contribution < -0.4 is 10.9 Å².